The van der Waals surface area contributed by atoms with Gasteiger partial charge in [0.1, 0.15) is 5.82 Å². The second-order valence-electron chi connectivity index (χ2n) is 7.78. The van der Waals surface area contributed by atoms with Gasteiger partial charge in [-0.3, -0.25) is 4.90 Å². The van der Waals surface area contributed by atoms with Crippen molar-refractivity contribution in [1.82, 2.24) is 24.7 Å². The van der Waals surface area contributed by atoms with Gasteiger partial charge in [-0.15, -0.1) is 0 Å². The standard InChI is InChI=1S/C20H27N5O/c1-14-6-4-5-7-16(14)19-17-12-24(13-18-21-8-9-22-18)10-15(17)11-25(19)20(26)23(2)3/h4-9,15,17,19H,10-13H2,1-3H3,(H,21,22)/t15-,17-,19+/m1/s1. The number of imidazole rings is 1. The van der Waals surface area contributed by atoms with E-state index in [1.165, 1.54) is 11.1 Å². The maximum Gasteiger partial charge on any atom is 0.320 e. The molecule has 0 saturated carbocycles. The molecule has 4 rings (SSSR count). The van der Waals surface area contributed by atoms with Crippen molar-refractivity contribution in [3.8, 4) is 0 Å². The van der Waals surface area contributed by atoms with E-state index >= 15 is 0 Å². The van der Waals surface area contributed by atoms with Crippen LogP contribution in [0.4, 0.5) is 4.79 Å². The Morgan fingerprint density at radius 3 is 2.77 bits per heavy atom. The van der Waals surface area contributed by atoms with Crippen molar-refractivity contribution in [3.05, 3.63) is 53.6 Å². The van der Waals surface area contributed by atoms with Crippen LogP contribution in [0.25, 0.3) is 0 Å². The summed E-state index contributed by atoms with van der Waals surface area (Å²) < 4.78 is 0. The fourth-order valence-electron chi connectivity index (χ4n) is 4.63. The van der Waals surface area contributed by atoms with Crippen molar-refractivity contribution in [2.75, 3.05) is 33.7 Å². The van der Waals surface area contributed by atoms with Crippen LogP contribution < -0.4 is 0 Å². The number of fused-ring (bicyclic) bond motifs is 1. The maximum absolute atomic E-state index is 12.8. The monoisotopic (exact) mass is 353 g/mol. The summed E-state index contributed by atoms with van der Waals surface area (Å²) in [6.45, 7) is 5.85. The van der Waals surface area contributed by atoms with Gasteiger partial charge in [0.15, 0.2) is 0 Å². The summed E-state index contributed by atoms with van der Waals surface area (Å²) in [5, 5.41) is 0. The van der Waals surface area contributed by atoms with Crippen molar-refractivity contribution < 1.29 is 4.79 Å². The molecule has 1 aromatic heterocycles. The van der Waals surface area contributed by atoms with Crippen LogP contribution in [0.5, 0.6) is 0 Å². The Labute approximate surface area is 154 Å². The summed E-state index contributed by atoms with van der Waals surface area (Å²) in [6, 6.07) is 8.76. The van der Waals surface area contributed by atoms with E-state index in [2.05, 4.69) is 51.0 Å². The van der Waals surface area contributed by atoms with E-state index in [0.29, 0.717) is 11.8 Å². The number of aryl methyl sites for hydroxylation is 1. The van der Waals surface area contributed by atoms with Gasteiger partial charge < -0.3 is 14.8 Å². The lowest BCUT2D eigenvalue weighted by Gasteiger charge is -2.32. The predicted molar refractivity (Wildman–Crippen MR) is 101 cm³/mol. The van der Waals surface area contributed by atoms with Crippen LogP contribution in [-0.4, -0.2) is 64.4 Å². The summed E-state index contributed by atoms with van der Waals surface area (Å²) in [7, 11) is 3.68. The minimum Gasteiger partial charge on any atom is -0.348 e. The summed E-state index contributed by atoms with van der Waals surface area (Å²) in [4.78, 5) is 26.7. The van der Waals surface area contributed by atoms with Gasteiger partial charge in [0.05, 0.1) is 12.6 Å². The van der Waals surface area contributed by atoms with Crippen molar-refractivity contribution in [3.63, 3.8) is 0 Å². The molecule has 2 aliphatic rings. The SMILES string of the molecule is Cc1ccccc1[C@H]1[C@@H]2CN(Cc3ncc[nH]3)C[C@@H]2CN1C(=O)N(C)C. The molecule has 0 spiro atoms. The molecular formula is C20H27N5O. The van der Waals surface area contributed by atoms with Gasteiger partial charge in [-0.2, -0.15) is 0 Å². The number of rotatable bonds is 3. The average Bonchev–Trinajstić information content (AvgIpc) is 3.31. The van der Waals surface area contributed by atoms with E-state index in [1.807, 2.05) is 20.3 Å². The number of benzene rings is 1. The number of amides is 2. The highest BCUT2D eigenvalue weighted by Crippen LogP contribution is 2.46. The van der Waals surface area contributed by atoms with Gasteiger partial charge in [-0.05, 0) is 24.0 Å². The fraction of sp³-hybridized carbons (Fsp3) is 0.500. The number of urea groups is 1. The topological polar surface area (TPSA) is 55.5 Å². The molecular weight excluding hydrogens is 326 g/mol. The molecule has 2 saturated heterocycles. The third kappa shape index (κ3) is 2.98. The second-order valence-corrected chi connectivity index (χ2v) is 7.78. The Balaban J connectivity index is 1.60. The molecule has 3 atom stereocenters. The van der Waals surface area contributed by atoms with Crippen molar-refractivity contribution >= 4 is 6.03 Å². The Hall–Kier alpha value is -2.34. The van der Waals surface area contributed by atoms with E-state index in [0.717, 1.165) is 32.0 Å². The minimum atomic E-state index is 0.116. The smallest absolute Gasteiger partial charge is 0.320 e. The van der Waals surface area contributed by atoms with Crippen LogP contribution >= 0.6 is 0 Å². The molecule has 0 bridgehead atoms. The Kier molecular flexibility index (Phi) is 4.44. The molecule has 2 aromatic rings. The first kappa shape index (κ1) is 17.1. The summed E-state index contributed by atoms with van der Waals surface area (Å²) in [5.74, 6) is 1.99. The lowest BCUT2D eigenvalue weighted by Crippen LogP contribution is -2.41. The van der Waals surface area contributed by atoms with Crippen LogP contribution in [0.1, 0.15) is 23.0 Å². The molecule has 2 fully saturated rings. The molecule has 138 valence electrons. The lowest BCUT2D eigenvalue weighted by molar-refractivity contribution is 0.151. The number of hydrogen-bond donors (Lipinski definition) is 1. The largest absolute Gasteiger partial charge is 0.348 e. The molecule has 2 aliphatic heterocycles. The first-order chi connectivity index (χ1) is 12.5. The number of likely N-dealkylation sites (tertiary alicyclic amines) is 2. The van der Waals surface area contributed by atoms with Crippen LogP contribution in [-0.2, 0) is 6.54 Å². The van der Waals surface area contributed by atoms with E-state index in [1.54, 1.807) is 11.1 Å². The Morgan fingerprint density at radius 1 is 1.27 bits per heavy atom. The molecule has 1 N–H and O–H groups in total. The number of carbonyl (C=O) groups excluding carboxylic acids is 1. The highest BCUT2D eigenvalue weighted by molar-refractivity contribution is 5.75. The van der Waals surface area contributed by atoms with Crippen molar-refractivity contribution in [2.24, 2.45) is 11.8 Å². The molecule has 0 radical (unpaired) electrons. The highest BCUT2D eigenvalue weighted by atomic mass is 16.2. The molecule has 0 unspecified atom stereocenters. The maximum atomic E-state index is 12.8. The first-order valence-electron chi connectivity index (χ1n) is 9.28. The van der Waals surface area contributed by atoms with Gasteiger partial charge in [0.2, 0.25) is 0 Å². The van der Waals surface area contributed by atoms with Crippen LogP contribution in [0.3, 0.4) is 0 Å². The average molecular weight is 353 g/mol. The fourth-order valence-corrected chi connectivity index (χ4v) is 4.63. The van der Waals surface area contributed by atoms with E-state index < -0.39 is 0 Å². The van der Waals surface area contributed by atoms with Gasteiger partial charge in [0.25, 0.3) is 0 Å². The van der Waals surface area contributed by atoms with Crippen molar-refractivity contribution in [1.29, 1.82) is 0 Å². The van der Waals surface area contributed by atoms with E-state index in [4.69, 9.17) is 0 Å². The molecule has 3 heterocycles. The molecule has 0 aliphatic carbocycles. The number of hydrogen-bond acceptors (Lipinski definition) is 3. The first-order valence-corrected chi connectivity index (χ1v) is 9.28. The lowest BCUT2D eigenvalue weighted by atomic mass is 9.88. The van der Waals surface area contributed by atoms with Crippen molar-refractivity contribution in [2.45, 2.75) is 19.5 Å². The highest BCUT2D eigenvalue weighted by Gasteiger charge is 2.49. The minimum absolute atomic E-state index is 0.116. The van der Waals surface area contributed by atoms with Gasteiger partial charge in [-0.25, -0.2) is 9.78 Å². The molecule has 26 heavy (non-hydrogen) atoms. The Bertz CT molecular complexity index is 772. The van der Waals surface area contributed by atoms with Crippen LogP contribution in [0.2, 0.25) is 0 Å². The summed E-state index contributed by atoms with van der Waals surface area (Å²) in [5.41, 5.74) is 2.55. The zero-order chi connectivity index (χ0) is 18.3. The Morgan fingerprint density at radius 2 is 2.08 bits per heavy atom. The van der Waals surface area contributed by atoms with E-state index in [-0.39, 0.29) is 12.1 Å². The normalized spacial score (nSPS) is 25.5. The van der Waals surface area contributed by atoms with Crippen LogP contribution in [0.15, 0.2) is 36.7 Å². The number of H-pyrrole nitrogens is 1. The predicted octanol–water partition coefficient (Wildman–Crippen LogP) is 2.50. The zero-order valence-corrected chi connectivity index (χ0v) is 15.7. The van der Waals surface area contributed by atoms with Gasteiger partial charge in [-0.1, -0.05) is 24.3 Å². The quantitative estimate of drug-likeness (QED) is 0.922. The third-order valence-electron chi connectivity index (χ3n) is 5.80. The number of carbonyl (C=O) groups is 1. The van der Waals surface area contributed by atoms with Gasteiger partial charge in [0, 0.05) is 52.0 Å². The second kappa shape index (κ2) is 6.76. The number of nitrogens with one attached hydrogen (secondary N) is 1. The number of nitrogens with zero attached hydrogens (tertiary/aromatic N) is 4. The third-order valence-corrected chi connectivity index (χ3v) is 5.80. The zero-order valence-electron chi connectivity index (χ0n) is 15.7. The van der Waals surface area contributed by atoms with Crippen LogP contribution in [0, 0.1) is 18.8 Å². The molecule has 2 amide bonds. The van der Waals surface area contributed by atoms with E-state index in [9.17, 15) is 4.79 Å². The molecule has 6 nitrogen and oxygen atoms in total. The summed E-state index contributed by atoms with van der Waals surface area (Å²) >= 11 is 0. The summed E-state index contributed by atoms with van der Waals surface area (Å²) in [6.07, 6.45) is 3.68. The molecule has 1 aromatic carbocycles. The number of aromatic nitrogens is 2. The molecule has 6 heteroatoms. The number of aromatic amines is 1. The van der Waals surface area contributed by atoms with Gasteiger partial charge >= 0.3 is 6.03 Å².